The van der Waals surface area contributed by atoms with Crippen molar-refractivity contribution in [3.63, 3.8) is 0 Å². The van der Waals surface area contributed by atoms with Gasteiger partial charge >= 0.3 is 5.97 Å². The summed E-state index contributed by atoms with van der Waals surface area (Å²) in [6, 6.07) is 0.229. The van der Waals surface area contributed by atoms with Crippen LogP contribution in [0.4, 0.5) is 0 Å². The molecule has 3 nitrogen and oxygen atoms in total. The second-order valence-corrected chi connectivity index (χ2v) is 3.75. The normalized spacial score (nSPS) is 46.7. The number of ether oxygens (including phenoxy) is 1. The quantitative estimate of drug-likeness (QED) is 0.553. The first-order valence-electron chi connectivity index (χ1n) is 4.03. The van der Waals surface area contributed by atoms with E-state index in [1.807, 2.05) is 0 Å². The zero-order chi connectivity index (χ0) is 8.06. The van der Waals surface area contributed by atoms with Crippen LogP contribution in [0.2, 0.25) is 0 Å². The molecule has 0 bridgehead atoms. The van der Waals surface area contributed by atoms with Gasteiger partial charge in [-0.2, -0.15) is 0 Å². The molecule has 2 N–H and O–H groups in total. The molecule has 0 spiro atoms. The fraction of sp³-hybridized carbons (Fsp3) is 0.875. The van der Waals surface area contributed by atoms with Crippen molar-refractivity contribution in [1.82, 2.24) is 0 Å². The number of hydrogen-bond acceptors (Lipinski definition) is 3. The highest BCUT2D eigenvalue weighted by Gasteiger charge is 2.65. The number of nitrogens with two attached hydrogens (primary N) is 1. The number of carbonyl (C=O) groups is 1. The summed E-state index contributed by atoms with van der Waals surface area (Å²) in [6.45, 7) is 0. The summed E-state index contributed by atoms with van der Waals surface area (Å²) in [7, 11) is 1.45. The third-order valence-electron chi connectivity index (χ3n) is 3.04. The lowest BCUT2D eigenvalue weighted by molar-refractivity contribution is -0.147. The Morgan fingerprint density at radius 1 is 1.64 bits per heavy atom. The molecule has 0 amide bonds. The van der Waals surface area contributed by atoms with Crippen LogP contribution in [0.1, 0.15) is 19.3 Å². The predicted octanol–water partition coefficient (Wildman–Crippen LogP) is 0.287. The van der Waals surface area contributed by atoms with Gasteiger partial charge in [-0.1, -0.05) is 0 Å². The second-order valence-electron chi connectivity index (χ2n) is 3.75. The van der Waals surface area contributed by atoms with Crippen molar-refractivity contribution >= 4 is 5.97 Å². The number of carbonyl (C=O) groups excluding carboxylic acids is 1. The number of methoxy groups -OCH3 is 1. The van der Waals surface area contributed by atoms with E-state index in [1.54, 1.807) is 0 Å². The van der Waals surface area contributed by atoms with Crippen LogP contribution >= 0.6 is 0 Å². The zero-order valence-electron chi connectivity index (χ0n) is 6.67. The standard InChI is InChI=1S/C8H13NO2/c1-11-7(10)8-3-5(8)2-6(9)4-8/h5-6H,2-4,9H2,1H3/t5-,6+,8+/m1/s1. The summed E-state index contributed by atoms with van der Waals surface area (Å²) in [6.07, 6.45) is 2.85. The average Bonchev–Trinajstić information content (AvgIpc) is 2.55. The summed E-state index contributed by atoms with van der Waals surface area (Å²) in [5.74, 6) is 0.486. The lowest BCUT2D eigenvalue weighted by Crippen LogP contribution is -2.23. The van der Waals surface area contributed by atoms with Gasteiger partial charge in [0.1, 0.15) is 0 Å². The molecule has 0 radical (unpaired) electrons. The Bertz CT molecular complexity index is 204. The second kappa shape index (κ2) is 1.97. The molecule has 0 unspecified atom stereocenters. The van der Waals surface area contributed by atoms with Crippen LogP contribution in [0, 0.1) is 11.3 Å². The van der Waals surface area contributed by atoms with Crippen LogP contribution in [-0.4, -0.2) is 19.1 Å². The van der Waals surface area contributed by atoms with Crippen LogP contribution in [0.3, 0.4) is 0 Å². The fourth-order valence-electron chi connectivity index (χ4n) is 2.39. The van der Waals surface area contributed by atoms with Crippen LogP contribution in [-0.2, 0) is 9.53 Å². The Hall–Kier alpha value is -0.570. The molecular weight excluding hydrogens is 142 g/mol. The van der Waals surface area contributed by atoms with Crippen molar-refractivity contribution < 1.29 is 9.53 Å². The van der Waals surface area contributed by atoms with Gasteiger partial charge in [-0.3, -0.25) is 4.79 Å². The van der Waals surface area contributed by atoms with Crippen molar-refractivity contribution in [2.75, 3.05) is 7.11 Å². The van der Waals surface area contributed by atoms with Gasteiger partial charge in [0.25, 0.3) is 0 Å². The van der Waals surface area contributed by atoms with Gasteiger partial charge in [-0.25, -0.2) is 0 Å². The van der Waals surface area contributed by atoms with E-state index in [0.717, 1.165) is 19.3 Å². The first-order chi connectivity index (χ1) is 5.19. The fourth-order valence-corrected chi connectivity index (χ4v) is 2.39. The summed E-state index contributed by atoms with van der Waals surface area (Å²) < 4.78 is 4.73. The number of fused-ring (bicyclic) bond motifs is 1. The Morgan fingerprint density at radius 2 is 2.36 bits per heavy atom. The van der Waals surface area contributed by atoms with Crippen molar-refractivity contribution in [2.45, 2.75) is 25.3 Å². The maximum absolute atomic E-state index is 11.2. The van der Waals surface area contributed by atoms with Gasteiger partial charge in [-0.05, 0) is 25.2 Å². The highest BCUT2D eigenvalue weighted by molar-refractivity contribution is 5.81. The Labute approximate surface area is 65.9 Å². The van der Waals surface area contributed by atoms with E-state index in [4.69, 9.17) is 10.5 Å². The summed E-state index contributed by atoms with van der Waals surface area (Å²) in [5, 5.41) is 0. The molecule has 0 aromatic carbocycles. The monoisotopic (exact) mass is 155 g/mol. The van der Waals surface area contributed by atoms with Gasteiger partial charge in [0, 0.05) is 6.04 Å². The molecule has 11 heavy (non-hydrogen) atoms. The van der Waals surface area contributed by atoms with Crippen molar-refractivity contribution in [3.05, 3.63) is 0 Å². The maximum atomic E-state index is 11.2. The minimum Gasteiger partial charge on any atom is -0.469 e. The first kappa shape index (κ1) is 7.10. The molecule has 0 aromatic heterocycles. The molecule has 3 heteroatoms. The Morgan fingerprint density at radius 3 is 2.82 bits per heavy atom. The number of hydrogen-bond donors (Lipinski definition) is 1. The molecule has 62 valence electrons. The Kier molecular flexibility index (Phi) is 1.27. The van der Waals surface area contributed by atoms with Gasteiger partial charge in [-0.15, -0.1) is 0 Å². The number of esters is 1. The van der Waals surface area contributed by atoms with Gasteiger partial charge in [0.05, 0.1) is 12.5 Å². The van der Waals surface area contributed by atoms with Gasteiger partial charge in [0.2, 0.25) is 0 Å². The highest BCUT2D eigenvalue weighted by atomic mass is 16.5. The predicted molar refractivity (Wildman–Crippen MR) is 39.8 cm³/mol. The topological polar surface area (TPSA) is 52.3 Å². The largest absolute Gasteiger partial charge is 0.469 e. The third kappa shape index (κ3) is 0.805. The molecule has 0 saturated heterocycles. The van der Waals surface area contributed by atoms with E-state index in [-0.39, 0.29) is 17.4 Å². The third-order valence-corrected chi connectivity index (χ3v) is 3.04. The van der Waals surface area contributed by atoms with Crippen molar-refractivity contribution in [3.8, 4) is 0 Å². The molecule has 0 heterocycles. The maximum Gasteiger partial charge on any atom is 0.312 e. The van der Waals surface area contributed by atoms with Crippen molar-refractivity contribution in [1.29, 1.82) is 0 Å². The van der Waals surface area contributed by atoms with Gasteiger partial charge < -0.3 is 10.5 Å². The highest BCUT2D eigenvalue weighted by Crippen LogP contribution is 2.63. The summed E-state index contributed by atoms with van der Waals surface area (Å²) in [4.78, 5) is 11.2. The molecule has 2 rings (SSSR count). The van der Waals surface area contributed by atoms with Crippen molar-refractivity contribution in [2.24, 2.45) is 17.1 Å². The van der Waals surface area contributed by atoms with E-state index in [9.17, 15) is 4.79 Å². The summed E-state index contributed by atoms with van der Waals surface area (Å²) in [5.41, 5.74) is 5.58. The smallest absolute Gasteiger partial charge is 0.312 e. The van der Waals surface area contributed by atoms with E-state index >= 15 is 0 Å². The van der Waals surface area contributed by atoms with Crippen LogP contribution in [0.25, 0.3) is 0 Å². The van der Waals surface area contributed by atoms with Gasteiger partial charge in [0.15, 0.2) is 0 Å². The summed E-state index contributed by atoms with van der Waals surface area (Å²) >= 11 is 0. The molecule has 0 aromatic rings. The molecule has 3 atom stereocenters. The molecule has 0 aliphatic heterocycles. The minimum absolute atomic E-state index is 0.0459. The SMILES string of the molecule is COC(=O)[C@@]12C[C@@H](N)C[C@@H]1C2. The molecule has 2 saturated carbocycles. The van der Waals surface area contributed by atoms with Crippen LogP contribution < -0.4 is 5.73 Å². The van der Waals surface area contributed by atoms with E-state index in [0.29, 0.717) is 5.92 Å². The molecule has 2 aliphatic rings. The lowest BCUT2D eigenvalue weighted by atomic mass is 10.0. The molecule has 2 aliphatic carbocycles. The first-order valence-corrected chi connectivity index (χ1v) is 4.03. The zero-order valence-corrected chi connectivity index (χ0v) is 6.67. The minimum atomic E-state index is -0.145. The lowest BCUT2D eigenvalue weighted by Gasteiger charge is -2.10. The molecular formula is C8H13NO2. The Balaban J connectivity index is 2.10. The van der Waals surface area contributed by atoms with E-state index in [2.05, 4.69) is 0 Å². The number of rotatable bonds is 1. The van der Waals surface area contributed by atoms with Crippen LogP contribution in [0.15, 0.2) is 0 Å². The van der Waals surface area contributed by atoms with E-state index in [1.165, 1.54) is 7.11 Å². The average molecular weight is 155 g/mol. The van der Waals surface area contributed by atoms with E-state index < -0.39 is 0 Å². The molecule has 2 fully saturated rings. The van der Waals surface area contributed by atoms with Crippen LogP contribution in [0.5, 0.6) is 0 Å².